The Hall–Kier alpha value is -4.23. The molecule has 1 amide bonds. The van der Waals surface area contributed by atoms with Gasteiger partial charge in [-0.3, -0.25) is 14.1 Å². The second-order valence-corrected chi connectivity index (χ2v) is 11.1. The Morgan fingerprint density at radius 3 is 2.60 bits per heavy atom. The van der Waals surface area contributed by atoms with Crippen molar-refractivity contribution in [1.29, 1.82) is 5.26 Å². The third-order valence-electron chi connectivity index (χ3n) is 6.04. The van der Waals surface area contributed by atoms with Gasteiger partial charge in [0, 0.05) is 30.6 Å². The molecule has 16 heteroatoms. The number of nitrogens with two attached hydrogens (primary N) is 1. The van der Waals surface area contributed by atoms with E-state index in [1.807, 2.05) is 11.8 Å². The number of sulfone groups is 1. The van der Waals surface area contributed by atoms with Crippen LogP contribution in [0.5, 0.6) is 0 Å². The molecule has 214 valence electrons. The van der Waals surface area contributed by atoms with Crippen LogP contribution in [0.15, 0.2) is 35.5 Å². The first-order valence-corrected chi connectivity index (χ1v) is 13.7. The summed E-state index contributed by atoms with van der Waals surface area (Å²) in [5.41, 5.74) is 8.74. The van der Waals surface area contributed by atoms with Crippen molar-refractivity contribution in [3.8, 4) is 17.3 Å². The van der Waals surface area contributed by atoms with E-state index in [9.17, 15) is 26.4 Å². The van der Waals surface area contributed by atoms with Crippen molar-refractivity contribution in [1.82, 2.24) is 24.6 Å². The van der Waals surface area contributed by atoms with Gasteiger partial charge in [-0.05, 0) is 44.0 Å². The lowest BCUT2D eigenvalue weighted by atomic mass is 10.1. The molecule has 3 aromatic rings. The number of amides is 1. The van der Waals surface area contributed by atoms with Crippen molar-refractivity contribution in [2.75, 3.05) is 31.6 Å². The molecule has 4 N–H and O–H groups in total. The van der Waals surface area contributed by atoms with Gasteiger partial charge in [-0.2, -0.15) is 18.4 Å². The maximum Gasteiger partial charge on any atom is 0.490 e. The second-order valence-electron chi connectivity index (χ2n) is 9.11. The molecule has 1 aliphatic rings. The summed E-state index contributed by atoms with van der Waals surface area (Å²) in [6.07, 6.45) is 0.932. The number of halogens is 3. The zero-order valence-corrected chi connectivity index (χ0v) is 22.3. The van der Waals surface area contributed by atoms with E-state index in [0.717, 1.165) is 31.2 Å². The number of aliphatic carboxylic acids is 1. The highest BCUT2D eigenvalue weighted by molar-refractivity contribution is 7.90. The van der Waals surface area contributed by atoms with Crippen LogP contribution >= 0.6 is 0 Å². The van der Waals surface area contributed by atoms with Gasteiger partial charge >= 0.3 is 12.1 Å². The summed E-state index contributed by atoms with van der Waals surface area (Å²) in [6.45, 7) is 3.63. The van der Waals surface area contributed by atoms with Crippen LogP contribution < -0.4 is 11.1 Å². The van der Waals surface area contributed by atoms with Crippen LogP contribution in [0.25, 0.3) is 16.9 Å². The number of anilines is 1. The SMILES string of the molecule is Cc1ccc(S(C)(=O)=O)cc1-c1cnc2c(N)nc(C(=O)NC3CCCN(CC#N)C3)cn12.O=C(O)C(F)(F)F. The van der Waals surface area contributed by atoms with Gasteiger partial charge in [0.05, 0.1) is 29.4 Å². The second kappa shape index (κ2) is 11.9. The Bertz CT molecular complexity index is 1580. The largest absolute Gasteiger partial charge is 0.490 e. The van der Waals surface area contributed by atoms with Crippen molar-refractivity contribution in [3.05, 3.63) is 41.9 Å². The third-order valence-corrected chi connectivity index (χ3v) is 7.15. The molecule has 3 heterocycles. The number of nitrogen functional groups attached to an aromatic ring is 1. The number of imidazole rings is 1. The van der Waals surface area contributed by atoms with Crippen molar-refractivity contribution in [3.63, 3.8) is 0 Å². The number of piperidine rings is 1. The molecule has 12 nitrogen and oxygen atoms in total. The summed E-state index contributed by atoms with van der Waals surface area (Å²) < 4.78 is 57.5. The molecule has 4 rings (SSSR count). The average molecular weight is 582 g/mol. The fourth-order valence-electron chi connectivity index (χ4n) is 4.10. The number of hydrogen-bond donors (Lipinski definition) is 3. The van der Waals surface area contributed by atoms with Gasteiger partial charge in [-0.15, -0.1) is 0 Å². The highest BCUT2D eigenvalue weighted by Gasteiger charge is 2.38. The number of likely N-dealkylation sites (tertiary alicyclic amines) is 1. The molecule has 0 saturated carbocycles. The summed E-state index contributed by atoms with van der Waals surface area (Å²) in [6, 6.07) is 6.95. The number of alkyl halides is 3. The number of rotatable bonds is 5. The highest BCUT2D eigenvalue weighted by Crippen LogP contribution is 2.28. The Labute approximate surface area is 227 Å². The molecular formula is C24H26F3N7O5S. The van der Waals surface area contributed by atoms with Gasteiger partial charge in [-0.1, -0.05) is 6.07 Å². The number of hydrogen-bond acceptors (Lipinski definition) is 9. The first kappa shape index (κ1) is 30.3. The molecule has 0 aliphatic carbocycles. The molecular weight excluding hydrogens is 555 g/mol. The molecule has 1 fully saturated rings. The van der Waals surface area contributed by atoms with Crippen LogP contribution in [-0.4, -0.2) is 82.8 Å². The lowest BCUT2D eigenvalue weighted by Crippen LogP contribution is -2.47. The van der Waals surface area contributed by atoms with E-state index in [4.69, 9.17) is 20.9 Å². The predicted molar refractivity (Wildman–Crippen MR) is 137 cm³/mol. The summed E-state index contributed by atoms with van der Waals surface area (Å²) in [5, 5.41) is 19.0. The van der Waals surface area contributed by atoms with Gasteiger partial charge < -0.3 is 16.2 Å². The smallest absolute Gasteiger partial charge is 0.475 e. The van der Waals surface area contributed by atoms with Gasteiger partial charge in [0.2, 0.25) is 0 Å². The van der Waals surface area contributed by atoms with Gasteiger partial charge in [0.15, 0.2) is 21.3 Å². The van der Waals surface area contributed by atoms with Crippen LogP contribution in [0, 0.1) is 18.3 Å². The minimum absolute atomic E-state index is 0.0886. The molecule has 0 radical (unpaired) electrons. The Kier molecular flexibility index (Phi) is 9.00. The van der Waals surface area contributed by atoms with E-state index >= 15 is 0 Å². The van der Waals surface area contributed by atoms with Crippen LogP contribution in [0.3, 0.4) is 0 Å². The predicted octanol–water partition coefficient (Wildman–Crippen LogP) is 2.04. The number of nitriles is 1. The maximum atomic E-state index is 13.0. The zero-order valence-electron chi connectivity index (χ0n) is 21.4. The van der Waals surface area contributed by atoms with Crippen LogP contribution in [0.2, 0.25) is 0 Å². The van der Waals surface area contributed by atoms with E-state index in [0.29, 0.717) is 30.0 Å². The number of fused-ring (bicyclic) bond motifs is 1. The molecule has 2 aromatic heterocycles. The first-order chi connectivity index (χ1) is 18.6. The van der Waals surface area contributed by atoms with E-state index in [-0.39, 0.29) is 28.4 Å². The van der Waals surface area contributed by atoms with Crippen molar-refractivity contribution < 1.29 is 36.3 Å². The fourth-order valence-corrected chi connectivity index (χ4v) is 4.75. The van der Waals surface area contributed by atoms with Crippen molar-refractivity contribution in [2.24, 2.45) is 0 Å². The number of aryl methyl sites for hydroxylation is 1. The van der Waals surface area contributed by atoms with Gasteiger partial charge in [0.1, 0.15) is 5.69 Å². The molecule has 1 unspecified atom stereocenters. The Morgan fingerprint density at radius 1 is 1.32 bits per heavy atom. The van der Waals surface area contributed by atoms with E-state index in [1.165, 1.54) is 0 Å². The summed E-state index contributed by atoms with van der Waals surface area (Å²) in [4.78, 5) is 32.6. The minimum Gasteiger partial charge on any atom is -0.475 e. The normalized spacial score (nSPS) is 16.1. The van der Waals surface area contributed by atoms with Crippen molar-refractivity contribution >= 4 is 33.2 Å². The number of nitrogens with one attached hydrogen (secondary N) is 1. The van der Waals surface area contributed by atoms with Crippen LogP contribution in [0.4, 0.5) is 19.0 Å². The maximum absolute atomic E-state index is 13.0. The van der Waals surface area contributed by atoms with Gasteiger partial charge in [0.25, 0.3) is 5.91 Å². The molecule has 0 bridgehead atoms. The Morgan fingerprint density at radius 2 is 2.00 bits per heavy atom. The van der Waals surface area contributed by atoms with Gasteiger partial charge in [-0.25, -0.2) is 23.2 Å². The standard InChI is InChI=1S/C22H25N7O3S.C2HF3O2/c1-14-5-6-16(33(2,31)32)10-17(14)19-11-25-21-20(24)27-18(13-29(19)21)22(30)26-15-4-3-8-28(12-15)9-7-23;3-2(4,5)1(6)7/h5-6,10-11,13,15H,3-4,8-9,12H2,1-2H3,(H2,24,27)(H,26,30);(H,6,7). The lowest BCUT2D eigenvalue weighted by molar-refractivity contribution is -0.192. The first-order valence-electron chi connectivity index (χ1n) is 11.8. The topological polar surface area (TPSA) is 184 Å². The fraction of sp³-hybridized carbons (Fsp3) is 0.375. The number of carbonyl (C=O) groups excluding carboxylic acids is 1. The van der Waals surface area contributed by atoms with E-state index in [1.54, 1.807) is 35.0 Å². The number of aromatic nitrogens is 3. The lowest BCUT2D eigenvalue weighted by Gasteiger charge is -2.31. The number of benzene rings is 1. The van der Waals surface area contributed by atoms with Crippen molar-refractivity contribution in [2.45, 2.75) is 36.9 Å². The summed E-state index contributed by atoms with van der Waals surface area (Å²) in [5.74, 6) is -3.03. The third kappa shape index (κ3) is 7.24. The van der Waals surface area contributed by atoms with Crippen LogP contribution in [-0.2, 0) is 14.6 Å². The van der Waals surface area contributed by atoms with E-state index in [2.05, 4.69) is 21.4 Å². The average Bonchev–Trinajstić information content (AvgIpc) is 3.28. The number of carboxylic acid groups (broad SMARTS) is 1. The van der Waals surface area contributed by atoms with E-state index < -0.39 is 22.0 Å². The zero-order chi connectivity index (χ0) is 29.8. The number of carbonyl (C=O) groups is 2. The molecule has 1 aliphatic heterocycles. The summed E-state index contributed by atoms with van der Waals surface area (Å²) >= 11 is 0. The summed E-state index contributed by atoms with van der Waals surface area (Å²) in [7, 11) is -3.40. The Balaban J connectivity index is 0.000000559. The quantitative estimate of drug-likeness (QED) is 0.377. The van der Waals surface area contributed by atoms with Crippen LogP contribution in [0.1, 0.15) is 28.9 Å². The number of carboxylic acids is 1. The number of nitrogens with zero attached hydrogens (tertiary/aromatic N) is 5. The monoisotopic (exact) mass is 581 g/mol. The molecule has 0 spiro atoms. The molecule has 1 saturated heterocycles. The molecule has 1 atom stereocenters. The highest BCUT2D eigenvalue weighted by atomic mass is 32.2. The minimum atomic E-state index is -5.08. The molecule has 1 aromatic carbocycles. The molecule has 40 heavy (non-hydrogen) atoms.